The van der Waals surface area contributed by atoms with Crippen molar-refractivity contribution in [3.63, 3.8) is 0 Å². The van der Waals surface area contributed by atoms with E-state index in [2.05, 4.69) is 0 Å². The molecule has 0 N–H and O–H groups in total. The van der Waals surface area contributed by atoms with Crippen LogP contribution in [0, 0.1) is 0 Å². The van der Waals surface area contributed by atoms with Crippen molar-refractivity contribution in [2.24, 2.45) is 0 Å². The van der Waals surface area contributed by atoms with Crippen LogP contribution in [0.25, 0.3) is 0 Å². The van der Waals surface area contributed by atoms with E-state index in [0.717, 1.165) is 24.8 Å². The van der Waals surface area contributed by atoms with E-state index in [-0.39, 0.29) is 5.75 Å². The highest BCUT2D eigenvalue weighted by molar-refractivity contribution is 7.91. The lowest BCUT2D eigenvalue weighted by molar-refractivity contribution is -0.0851. The third-order valence-electron chi connectivity index (χ3n) is 3.31. The Morgan fingerprint density at radius 3 is 2.50 bits per heavy atom. The van der Waals surface area contributed by atoms with Crippen LogP contribution >= 0.6 is 0 Å². The average molecular weight is 270 g/mol. The molecule has 1 aliphatic carbocycles. The van der Waals surface area contributed by atoms with Gasteiger partial charge in [0.15, 0.2) is 16.1 Å². The number of aryl methyl sites for hydroxylation is 2. The van der Waals surface area contributed by atoms with Crippen LogP contribution in [0.15, 0.2) is 23.1 Å². The Bertz CT molecular complexity index is 518. The first-order valence-corrected chi connectivity index (χ1v) is 7.62. The van der Waals surface area contributed by atoms with Gasteiger partial charge >= 0.3 is 0 Å². The van der Waals surface area contributed by atoms with Crippen molar-refractivity contribution >= 4 is 9.84 Å². The quantitative estimate of drug-likeness (QED) is 0.762. The highest BCUT2D eigenvalue weighted by Crippen LogP contribution is 2.25. The molecule has 0 spiro atoms. The first kappa shape index (κ1) is 13.5. The highest BCUT2D eigenvalue weighted by atomic mass is 32.2. The summed E-state index contributed by atoms with van der Waals surface area (Å²) in [5.41, 5.74) is 2.42. The molecule has 100 valence electrons. The summed E-state index contributed by atoms with van der Waals surface area (Å²) in [6.07, 6.45) is 2.41. The van der Waals surface area contributed by atoms with E-state index in [1.54, 1.807) is 12.1 Å². The minimum absolute atomic E-state index is 0.154. The molecule has 2 rings (SSSR count). The maximum Gasteiger partial charge on any atom is 0.183 e. The van der Waals surface area contributed by atoms with Crippen LogP contribution in [0.4, 0.5) is 0 Å². The van der Waals surface area contributed by atoms with Crippen molar-refractivity contribution in [1.29, 1.82) is 0 Å². The summed E-state index contributed by atoms with van der Waals surface area (Å²) in [5, 5.41) is 0. The number of ether oxygens (including phenoxy) is 2. The van der Waals surface area contributed by atoms with E-state index in [1.807, 2.05) is 6.07 Å². The van der Waals surface area contributed by atoms with Crippen LogP contribution in [0.1, 0.15) is 17.5 Å². The van der Waals surface area contributed by atoms with Gasteiger partial charge in [-0.1, -0.05) is 6.07 Å². The third-order valence-corrected chi connectivity index (χ3v) is 4.99. The molecule has 0 fully saturated rings. The zero-order valence-corrected chi connectivity index (χ0v) is 11.5. The number of sulfone groups is 1. The average Bonchev–Trinajstić information content (AvgIpc) is 2.83. The molecule has 0 aliphatic heterocycles. The van der Waals surface area contributed by atoms with Crippen LogP contribution in [0.5, 0.6) is 0 Å². The molecule has 0 saturated heterocycles. The van der Waals surface area contributed by atoms with Gasteiger partial charge in [0.05, 0.1) is 4.90 Å². The molecule has 0 aromatic heterocycles. The van der Waals surface area contributed by atoms with Gasteiger partial charge in [0.25, 0.3) is 0 Å². The molecule has 0 saturated carbocycles. The standard InChI is InChI=1S/C13H18O4S/c1-16-13(17-2)9-18(14,15)12-7-6-10-4-3-5-11(10)8-12/h6-8,13H,3-5,9H2,1-2H3. The smallest absolute Gasteiger partial charge is 0.183 e. The monoisotopic (exact) mass is 270 g/mol. The summed E-state index contributed by atoms with van der Waals surface area (Å²) in [6, 6.07) is 5.39. The predicted molar refractivity (Wildman–Crippen MR) is 68.3 cm³/mol. The summed E-state index contributed by atoms with van der Waals surface area (Å²) in [5.74, 6) is -0.154. The second-order valence-corrected chi connectivity index (χ2v) is 6.50. The molecule has 0 bridgehead atoms. The van der Waals surface area contributed by atoms with E-state index >= 15 is 0 Å². The summed E-state index contributed by atoms with van der Waals surface area (Å²) < 4.78 is 34.3. The van der Waals surface area contributed by atoms with Gasteiger partial charge < -0.3 is 9.47 Å². The lowest BCUT2D eigenvalue weighted by Crippen LogP contribution is -2.24. The molecule has 1 aliphatic rings. The number of hydrogen-bond donors (Lipinski definition) is 0. The second-order valence-electron chi connectivity index (χ2n) is 4.47. The van der Waals surface area contributed by atoms with E-state index in [1.165, 1.54) is 19.8 Å². The third kappa shape index (κ3) is 2.74. The Kier molecular flexibility index (Phi) is 4.04. The largest absolute Gasteiger partial charge is 0.355 e. The number of fused-ring (bicyclic) bond motifs is 1. The molecule has 5 heteroatoms. The number of benzene rings is 1. The van der Waals surface area contributed by atoms with Gasteiger partial charge in [0, 0.05) is 14.2 Å². The van der Waals surface area contributed by atoms with Gasteiger partial charge in [0.2, 0.25) is 0 Å². The van der Waals surface area contributed by atoms with Crippen molar-refractivity contribution in [3.05, 3.63) is 29.3 Å². The van der Waals surface area contributed by atoms with Gasteiger partial charge in [-0.3, -0.25) is 0 Å². The maximum atomic E-state index is 12.2. The molecular formula is C13H18O4S. The first-order valence-electron chi connectivity index (χ1n) is 5.97. The van der Waals surface area contributed by atoms with Crippen LogP contribution in [-0.4, -0.2) is 34.7 Å². The minimum Gasteiger partial charge on any atom is -0.355 e. The van der Waals surface area contributed by atoms with E-state index in [4.69, 9.17) is 9.47 Å². The Balaban J connectivity index is 2.24. The Hall–Kier alpha value is -0.910. The van der Waals surface area contributed by atoms with Gasteiger partial charge in [-0.05, 0) is 42.5 Å². The fourth-order valence-corrected chi connectivity index (χ4v) is 3.67. The lowest BCUT2D eigenvalue weighted by atomic mass is 10.1. The zero-order chi connectivity index (χ0) is 13.2. The van der Waals surface area contributed by atoms with Crippen LogP contribution < -0.4 is 0 Å². The molecule has 1 aromatic carbocycles. The fraction of sp³-hybridized carbons (Fsp3) is 0.538. The SMILES string of the molecule is COC(CS(=O)(=O)c1ccc2c(c1)CCC2)OC. The molecule has 1 aromatic rings. The van der Waals surface area contributed by atoms with Gasteiger partial charge in [-0.25, -0.2) is 8.42 Å². The first-order chi connectivity index (χ1) is 8.56. The number of hydrogen-bond acceptors (Lipinski definition) is 4. The molecule has 4 nitrogen and oxygen atoms in total. The molecule has 0 heterocycles. The highest BCUT2D eigenvalue weighted by Gasteiger charge is 2.22. The van der Waals surface area contributed by atoms with E-state index < -0.39 is 16.1 Å². The molecule has 18 heavy (non-hydrogen) atoms. The molecule has 0 radical (unpaired) electrons. The molecule has 0 amide bonds. The van der Waals surface area contributed by atoms with Crippen molar-refractivity contribution < 1.29 is 17.9 Å². The van der Waals surface area contributed by atoms with E-state index in [9.17, 15) is 8.42 Å². The Morgan fingerprint density at radius 2 is 1.83 bits per heavy atom. The van der Waals surface area contributed by atoms with Crippen molar-refractivity contribution in [1.82, 2.24) is 0 Å². The molecular weight excluding hydrogens is 252 g/mol. The van der Waals surface area contributed by atoms with E-state index in [0.29, 0.717) is 4.90 Å². The van der Waals surface area contributed by atoms with Gasteiger partial charge in [-0.2, -0.15) is 0 Å². The van der Waals surface area contributed by atoms with Crippen LogP contribution in [0.2, 0.25) is 0 Å². The summed E-state index contributed by atoms with van der Waals surface area (Å²) in [4.78, 5) is 0.363. The second kappa shape index (κ2) is 5.38. The Morgan fingerprint density at radius 1 is 1.17 bits per heavy atom. The van der Waals surface area contributed by atoms with Gasteiger partial charge in [-0.15, -0.1) is 0 Å². The summed E-state index contributed by atoms with van der Waals surface area (Å²) >= 11 is 0. The summed E-state index contributed by atoms with van der Waals surface area (Å²) in [6.45, 7) is 0. The normalized spacial score (nSPS) is 15.1. The topological polar surface area (TPSA) is 52.6 Å². The molecule has 0 atom stereocenters. The van der Waals surface area contributed by atoms with Crippen molar-refractivity contribution in [3.8, 4) is 0 Å². The minimum atomic E-state index is -3.36. The van der Waals surface area contributed by atoms with Gasteiger partial charge in [0.1, 0.15) is 5.75 Å². The van der Waals surface area contributed by atoms with Crippen molar-refractivity contribution in [2.75, 3.05) is 20.0 Å². The Labute approximate surface area is 108 Å². The molecule has 0 unspecified atom stereocenters. The number of rotatable bonds is 5. The predicted octanol–water partition coefficient (Wildman–Crippen LogP) is 1.57. The fourth-order valence-electron chi connectivity index (χ4n) is 2.25. The zero-order valence-electron chi connectivity index (χ0n) is 10.7. The summed E-state index contributed by atoms with van der Waals surface area (Å²) in [7, 11) is -0.482. The maximum absolute atomic E-state index is 12.2. The van der Waals surface area contributed by atoms with Crippen LogP contribution in [-0.2, 0) is 32.2 Å². The lowest BCUT2D eigenvalue weighted by Gasteiger charge is -2.14. The van der Waals surface area contributed by atoms with Crippen molar-refractivity contribution in [2.45, 2.75) is 30.4 Å². The number of methoxy groups -OCH3 is 2. The van der Waals surface area contributed by atoms with Crippen LogP contribution in [0.3, 0.4) is 0 Å².